The normalized spacial score (nSPS) is 11.2. The summed E-state index contributed by atoms with van der Waals surface area (Å²) in [5.74, 6) is 0.545. The van der Waals surface area contributed by atoms with E-state index in [-0.39, 0.29) is 5.69 Å². The zero-order valence-corrected chi connectivity index (χ0v) is 19.0. The lowest BCUT2D eigenvalue weighted by molar-refractivity contribution is 0.611. The van der Waals surface area contributed by atoms with Crippen LogP contribution in [-0.4, -0.2) is 29.8 Å². The minimum absolute atomic E-state index is 0.0729. The van der Waals surface area contributed by atoms with Gasteiger partial charge in [0.25, 0.3) is 0 Å². The molecule has 1 N–H and O–H groups in total. The van der Waals surface area contributed by atoms with E-state index in [1.807, 2.05) is 27.3 Å². The van der Waals surface area contributed by atoms with Gasteiger partial charge in [0.1, 0.15) is 0 Å². The van der Waals surface area contributed by atoms with Crippen LogP contribution in [0.5, 0.6) is 0 Å². The van der Waals surface area contributed by atoms with Crippen LogP contribution < -0.4 is 5.69 Å². The van der Waals surface area contributed by atoms with E-state index in [0.717, 1.165) is 65.9 Å². The fourth-order valence-corrected chi connectivity index (χ4v) is 4.27. The van der Waals surface area contributed by atoms with Crippen molar-refractivity contribution in [3.8, 4) is 22.5 Å². The van der Waals surface area contributed by atoms with Crippen LogP contribution in [0, 0.1) is 6.92 Å². The Kier molecular flexibility index (Phi) is 6.63. The minimum atomic E-state index is 0.0729. The Bertz CT molecular complexity index is 1220. The third-order valence-corrected chi connectivity index (χ3v) is 5.92. The maximum Gasteiger partial charge on any atom is 0.328 e. The van der Waals surface area contributed by atoms with Crippen molar-refractivity contribution in [1.82, 2.24) is 29.8 Å². The summed E-state index contributed by atoms with van der Waals surface area (Å²) in [7, 11) is 0. The van der Waals surface area contributed by atoms with Crippen molar-refractivity contribution in [2.45, 2.75) is 59.5 Å². The Morgan fingerprint density at radius 3 is 2.47 bits per heavy atom. The molecule has 0 aliphatic carbocycles. The number of hydrogen-bond acceptors (Lipinski definition) is 4. The quantitative estimate of drug-likeness (QED) is 0.421. The Hall–Kier alpha value is -3.48. The number of tetrazole rings is 1. The molecule has 0 saturated carbocycles. The van der Waals surface area contributed by atoms with E-state index in [2.05, 4.69) is 71.7 Å². The van der Waals surface area contributed by atoms with Gasteiger partial charge in [-0.05, 0) is 54.2 Å². The van der Waals surface area contributed by atoms with Crippen molar-refractivity contribution < 1.29 is 0 Å². The lowest BCUT2D eigenvalue weighted by atomic mass is 9.97. The highest BCUT2D eigenvalue weighted by atomic mass is 16.1. The molecule has 32 heavy (non-hydrogen) atoms. The van der Waals surface area contributed by atoms with Gasteiger partial charge < -0.3 is 0 Å². The molecule has 0 radical (unpaired) electrons. The van der Waals surface area contributed by atoms with Crippen LogP contribution in [0.3, 0.4) is 0 Å². The molecular formula is C25H30N6O. The number of unbranched alkanes of at least 4 members (excludes halogenated alkanes) is 1. The smallest absolute Gasteiger partial charge is 0.296 e. The van der Waals surface area contributed by atoms with Gasteiger partial charge in [0.2, 0.25) is 5.82 Å². The molecule has 0 saturated heterocycles. The molecule has 7 nitrogen and oxygen atoms in total. The molecule has 2 heterocycles. The van der Waals surface area contributed by atoms with E-state index in [1.54, 1.807) is 0 Å². The second kappa shape index (κ2) is 9.77. The van der Waals surface area contributed by atoms with Crippen LogP contribution in [0.25, 0.3) is 22.5 Å². The van der Waals surface area contributed by atoms with Gasteiger partial charge in [0, 0.05) is 23.5 Å². The summed E-state index contributed by atoms with van der Waals surface area (Å²) in [6.07, 6.45) is 4.01. The van der Waals surface area contributed by atoms with E-state index >= 15 is 0 Å². The summed E-state index contributed by atoms with van der Waals surface area (Å²) in [4.78, 5) is 13.3. The highest BCUT2D eigenvalue weighted by molar-refractivity contribution is 5.80. The molecule has 0 bridgehead atoms. The van der Waals surface area contributed by atoms with Crippen molar-refractivity contribution in [2.75, 3.05) is 0 Å². The molecule has 0 aliphatic rings. The van der Waals surface area contributed by atoms with Crippen molar-refractivity contribution >= 4 is 0 Å². The Morgan fingerprint density at radius 2 is 1.78 bits per heavy atom. The van der Waals surface area contributed by atoms with E-state index in [0.29, 0.717) is 12.4 Å². The minimum Gasteiger partial charge on any atom is -0.296 e. The molecule has 4 aromatic rings. The van der Waals surface area contributed by atoms with Crippen molar-refractivity contribution in [2.24, 2.45) is 0 Å². The van der Waals surface area contributed by atoms with Gasteiger partial charge in [0.05, 0.1) is 6.54 Å². The summed E-state index contributed by atoms with van der Waals surface area (Å²) in [5, 5.41) is 14.7. The molecule has 0 fully saturated rings. The molecule has 2 aromatic carbocycles. The van der Waals surface area contributed by atoms with Gasteiger partial charge in [-0.15, -0.1) is 10.2 Å². The standard InChI is InChI=1S/C25H30N6O/c1-4-6-12-23-18(3)30(15-5-2)25(32)31(23)17-19-13-14-21(20-10-8-7-9-11-20)22(16-19)24-26-28-29-27-24/h7-11,13-14,16H,4-6,12,15,17H2,1-3H3,(H,26,27,28,29). The number of benzene rings is 2. The molecule has 0 atom stereocenters. The highest BCUT2D eigenvalue weighted by Gasteiger charge is 2.18. The Labute approximate surface area is 188 Å². The maximum absolute atomic E-state index is 13.3. The summed E-state index contributed by atoms with van der Waals surface area (Å²) in [6, 6.07) is 16.4. The highest BCUT2D eigenvalue weighted by Crippen LogP contribution is 2.31. The largest absolute Gasteiger partial charge is 0.328 e. The molecule has 2 aromatic heterocycles. The summed E-state index contributed by atoms with van der Waals surface area (Å²) < 4.78 is 3.86. The second-order valence-corrected chi connectivity index (χ2v) is 8.14. The maximum atomic E-state index is 13.3. The molecule has 0 amide bonds. The predicted molar refractivity (Wildman–Crippen MR) is 126 cm³/mol. The predicted octanol–water partition coefficient (Wildman–Crippen LogP) is 4.61. The number of H-pyrrole nitrogens is 1. The molecule has 0 aliphatic heterocycles. The van der Waals surface area contributed by atoms with E-state index < -0.39 is 0 Å². The number of aromatic amines is 1. The van der Waals surface area contributed by atoms with E-state index in [1.165, 1.54) is 0 Å². The lowest BCUT2D eigenvalue weighted by Crippen LogP contribution is -2.26. The van der Waals surface area contributed by atoms with Crippen LogP contribution >= 0.6 is 0 Å². The first kappa shape index (κ1) is 21.7. The van der Waals surface area contributed by atoms with E-state index in [9.17, 15) is 4.79 Å². The lowest BCUT2D eigenvalue weighted by Gasteiger charge is -2.12. The molecule has 166 valence electrons. The Morgan fingerprint density at radius 1 is 0.969 bits per heavy atom. The van der Waals surface area contributed by atoms with Crippen LogP contribution in [0.4, 0.5) is 0 Å². The van der Waals surface area contributed by atoms with Crippen LogP contribution in [0.15, 0.2) is 53.3 Å². The zero-order chi connectivity index (χ0) is 22.5. The van der Waals surface area contributed by atoms with Crippen LogP contribution in [0.2, 0.25) is 0 Å². The first-order chi connectivity index (χ1) is 15.6. The average molecular weight is 431 g/mol. The van der Waals surface area contributed by atoms with Gasteiger partial charge in [-0.2, -0.15) is 5.21 Å². The van der Waals surface area contributed by atoms with Crippen molar-refractivity contribution in [3.05, 3.63) is 76.0 Å². The second-order valence-electron chi connectivity index (χ2n) is 8.14. The Balaban J connectivity index is 1.78. The van der Waals surface area contributed by atoms with Gasteiger partial charge in [-0.3, -0.25) is 9.13 Å². The number of nitrogens with one attached hydrogen (secondary N) is 1. The summed E-state index contributed by atoms with van der Waals surface area (Å²) >= 11 is 0. The topological polar surface area (TPSA) is 81.4 Å². The average Bonchev–Trinajstić information content (AvgIpc) is 3.43. The number of hydrogen-bond donors (Lipinski definition) is 1. The van der Waals surface area contributed by atoms with Gasteiger partial charge >= 0.3 is 5.69 Å². The van der Waals surface area contributed by atoms with Crippen molar-refractivity contribution in [3.63, 3.8) is 0 Å². The first-order valence-corrected chi connectivity index (χ1v) is 11.3. The van der Waals surface area contributed by atoms with Gasteiger partial charge in [0.15, 0.2) is 0 Å². The van der Waals surface area contributed by atoms with Gasteiger partial charge in [-0.25, -0.2) is 4.79 Å². The number of imidazole rings is 1. The molecular weight excluding hydrogens is 400 g/mol. The van der Waals surface area contributed by atoms with Crippen LogP contribution in [-0.2, 0) is 19.5 Å². The number of rotatable bonds is 9. The summed E-state index contributed by atoms with van der Waals surface area (Å²) in [5.41, 5.74) is 6.36. The zero-order valence-electron chi connectivity index (χ0n) is 19.0. The number of nitrogens with zero attached hydrogens (tertiary/aromatic N) is 5. The number of aromatic nitrogens is 6. The SMILES string of the molecule is CCCCc1c(C)n(CCC)c(=O)n1Cc1ccc(-c2ccccc2)c(-c2nn[nH]n2)c1. The summed E-state index contributed by atoms with van der Waals surface area (Å²) in [6.45, 7) is 7.63. The first-order valence-electron chi connectivity index (χ1n) is 11.3. The fourth-order valence-electron chi connectivity index (χ4n) is 4.27. The fraction of sp³-hybridized carbons (Fsp3) is 0.360. The molecule has 4 rings (SSSR count). The van der Waals surface area contributed by atoms with Crippen LogP contribution in [0.1, 0.15) is 50.1 Å². The molecule has 0 unspecified atom stereocenters. The van der Waals surface area contributed by atoms with E-state index in [4.69, 9.17) is 0 Å². The third-order valence-electron chi connectivity index (χ3n) is 5.92. The van der Waals surface area contributed by atoms with Crippen molar-refractivity contribution in [1.29, 1.82) is 0 Å². The van der Waals surface area contributed by atoms with Gasteiger partial charge in [-0.1, -0.05) is 62.7 Å². The monoisotopic (exact) mass is 430 g/mol. The molecule has 7 heteroatoms. The third kappa shape index (κ3) is 4.28. The molecule has 0 spiro atoms.